The molecule has 0 saturated carbocycles. The average molecular weight is 916 g/mol. The van der Waals surface area contributed by atoms with Gasteiger partial charge in [-0.15, -0.1) is 34.7 Å². The van der Waals surface area contributed by atoms with Gasteiger partial charge in [0.2, 0.25) is 0 Å². The number of thioether (sulfide) groups is 1. The topological polar surface area (TPSA) is 122 Å². The van der Waals surface area contributed by atoms with Gasteiger partial charge in [-0.3, -0.25) is 14.5 Å². The van der Waals surface area contributed by atoms with Crippen LogP contribution in [0, 0.1) is 0 Å². The lowest BCUT2D eigenvalue weighted by Crippen LogP contribution is -2.71. The van der Waals surface area contributed by atoms with Crippen molar-refractivity contribution in [1.82, 2.24) is 15.2 Å². The van der Waals surface area contributed by atoms with E-state index in [4.69, 9.17) is 26.2 Å². The Balaban J connectivity index is 1.07. The monoisotopic (exact) mass is 915 g/mol. The van der Waals surface area contributed by atoms with Gasteiger partial charge in [-0.25, -0.2) is 18.6 Å². The summed E-state index contributed by atoms with van der Waals surface area (Å²) in [4.78, 5) is 53.7. The number of ether oxygens (including phenoxy) is 1. The van der Waals surface area contributed by atoms with Crippen molar-refractivity contribution in [3.8, 4) is 0 Å². The number of carbonyl (C=O) groups excluding carboxylic acids is 3. The van der Waals surface area contributed by atoms with Gasteiger partial charge in [0.25, 0.3) is 18.2 Å². The highest BCUT2D eigenvalue weighted by atomic mass is 35.5. The number of β-lactam (4-membered cyclic amide) rings is 1. The summed E-state index contributed by atoms with van der Waals surface area (Å²) in [6, 6.07) is 46.9. The van der Waals surface area contributed by atoms with Crippen LogP contribution in [0.4, 0.5) is 13.9 Å². The Morgan fingerprint density at radius 1 is 0.844 bits per heavy atom. The summed E-state index contributed by atoms with van der Waals surface area (Å²) in [5.41, 5.74) is 3.37. The zero-order chi connectivity index (χ0) is 44.5. The van der Waals surface area contributed by atoms with Crippen LogP contribution in [0.2, 0.25) is 0 Å². The fourth-order valence-electron chi connectivity index (χ4n) is 7.65. The summed E-state index contributed by atoms with van der Waals surface area (Å²) in [5.74, 6) is -1.76. The number of carbonyl (C=O) groups is 3. The number of hydrogen-bond donors (Lipinski definition) is 2. The molecule has 0 aliphatic carbocycles. The molecule has 1 fully saturated rings. The standard InChI is InChI=1S/C49H40ClF2N5O5S2/c50-28-16-21-34-30-63-46-41(45(59)57(46)42(34)47(60)62-43(32-17-6-1-7-18-32)33-19-8-2-9-20-33)54-44(58)40(56-61-29-39(51)52)38-31-64-48(53-38)55-49(35-22-10-3-11-23-35,36-24-12-4-13-25-36)37-26-14-5-15-27-37/h1-27,31,39,41,43,46H,28-30H2,(H,53,55)(H,54,58)/t41-,46+/m1/s1. The highest BCUT2D eigenvalue weighted by Crippen LogP contribution is 2.43. The molecular weight excluding hydrogens is 876 g/mol. The van der Waals surface area contributed by atoms with Crippen molar-refractivity contribution in [2.45, 2.75) is 29.5 Å². The minimum absolute atomic E-state index is 0.0211. The number of esters is 1. The van der Waals surface area contributed by atoms with Crippen LogP contribution in [-0.4, -0.2) is 69.5 Å². The molecule has 1 aromatic heterocycles. The van der Waals surface area contributed by atoms with Crippen LogP contribution in [0.3, 0.4) is 0 Å². The molecule has 0 unspecified atom stereocenters. The van der Waals surface area contributed by atoms with Gasteiger partial charge in [0, 0.05) is 17.0 Å². The maximum Gasteiger partial charge on any atom is 0.356 e. The number of allylic oxidation sites excluding steroid dienone is 2. The summed E-state index contributed by atoms with van der Waals surface area (Å²) in [7, 11) is 0. The Bertz CT molecular complexity index is 2520. The number of alkyl halides is 3. The zero-order valence-corrected chi connectivity index (χ0v) is 36.3. The van der Waals surface area contributed by atoms with E-state index in [9.17, 15) is 23.2 Å². The molecule has 5 aromatic carbocycles. The van der Waals surface area contributed by atoms with Crippen LogP contribution in [0.15, 0.2) is 186 Å². The number of benzene rings is 5. The first-order chi connectivity index (χ1) is 31.3. The molecule has 0 bridgehead atoms. The Hall–Kier alpha value is -6.61. The normalized spacial score (nSPS) is 16.4. The average Bonchev–Trinajstić information content (AvgIpc) is 3.81. The quantitative estimate of drug-likeness (QED) is 0.0232. The summed E-state index contributed by atoms with van der Waals surface area (Å²) in [6.07, 6.45) is -0.306. The van der Waals surface area contributed by atoms with Gasteiger partial charge < -0.3 is 20.2 Å². The summed E-state index contributed by atoms with van der Waals surface area (Å²) in [5, 5.41) is 11.4. The molecule has 1 saturated heterocycles. The molecule has 6 aromatic rings. The molecule has 2 aliphatic rings. The van der Waals surface area contributed by atoms with Crippen molar-refractivity contribution in [2.24, 2.45) is 5.16 Å². The number of nitrogens with zero attached hydrogens (tertiary/aromatic N) is 3. The minimum Gasteiger partial charge on any atom is -0.448 e. The number of fused-ring (bicyclic) bond motifs is 1. The number of anilines is 1. The lowest BCUT2D eigenvalue weighted by atomic mass is 9.77. The van der Waals surface area contributed by atoms with E-state index in [-0.39, 0.29) is 23.0 Å². The van der Waals surface area contributed by atoms with E-state index in [1.54, 1.807) is 17.5 Å². The molecule has 0 spiro atoms. The minimum atomic E-state index is -2.88. The Kier molecular flexibility index (Phi) is 13.9. The fourth-order valence-corrected chi connectivity index (χ4v) is 9.81. The number of rotatable bonds is 17. The van der Waals surface area contributed by atoms with E-state index in [0.29, 0.717) is 10.7 Å². The van der Waals surface area contributed by atoms with Gasteiger partial charge in [-0.2, -0.15) is 0 Å². The van der Waals surface area contributed by atoms with Crippen LogP contribution in [-0.2, 0) is 29.5 Å². The molecule has 10 nitrogen and oxygen atoms in total. The van der Waals surface area contributed by atoms with Crippen LogP contribution < -0.4 is 10.6 Å². The van der Waals surface area contributed by atoms with Crippen molar-refractivity contribution >= 4 is 63.3 Å². The number of amides is 2. The van der Waals surface area contributed by atoms with Crippen molar-refractivity contribution < 1.29 is 32.7 Å². The third kappa shape index (κ3) is 9.35. The predicted molar refractivity (Wildman–Crippen MR) is 246 cm³/mol. The molecule has 0 radical (unpaired) electrons. The van der Waals surface area contributed by atoms with Crippen LogP contribution in [0.5, 0.6) is 0 Å². The molecule has 3 heterocycles. The number of oxime groups is 1. The van der Waals surface area contributed by atoms with Gasteiger partial charge >= 0.3 is 5.97 Å². The van der Waals surface area contributed by atoms with Crippen LogP contribution in [0.1, 0.15) is 39.6 Å². The first-order valence-electron chi connectivity index (χ1n) is 20.2. The second-order valence-corrected chi connectivity index (χ2v) is 16.8. The van der Waals surface area contributed by atoms with E-state index in [1.165, 1.54) is 28.0 Å². The second-order valence-electron chi connectivity index (χ2n) is 14.5. The van der Waals surface area contributed by atoms with Gasteiger partial charge in [-0.1, -0.05) is 169 Å². The van der Waals surface area contributed by atoms with Crippen molar-refractivity contribution in [2.75, 3.05) is 23.6 Å². The summed E-state index contributed by atoms with van der Waals surface area (Å²) >= 11 is 8.50. The second kappa shape index (κ2) is 20.3. The first-order valence-corrected chi connectivity index (χ1v) is 22.7. The summed E-state index contributed by atoms with van der Waals surface area (Å²) in [6.45, 7) is -1.08. The van der Waals surface area contributed by atoms with Gasteiger partial charge in [0.05, 0.1) is 0 Å². The zero-order valence-electron chi connectivity index (χ0n) is 33.9. The highest BCUT2D eigenvalue weighted by molar-refractivity contribution is 8.00. The molecule has 2 amide bonds. The van der Waals surface area contributed by atoms with Gasteiger partial charge in [-0.05, 0) is 33.4 Å². The molecule has 64 heavy (non-hydrogen) atoms. The largest absolute Gasteiger partial charge is 0.448 e. The van der Waals surface area contributed by atoms with Crippen molar-refractivity contribution in [3.05, 3.63) is 214 Å². The predicted octanol–water partition coefficient (Wildman–Crippen LogP) is 9.31. The van der Waals surface area contributed by atoms with Crippen molar-refractivity contribution in [3.63, 3.8) is 0 Å². The van der Waals surface area contributed by atoms with E-state index >= 15 is 0 Å². The van der Waals surface area contributed by atoms with E-state index < -0.39 is 59.6 Å². The SMILES string of the molecule is O=C(N[C@@H]1C(=O)N2C(C(=O)OC(c3ccccc3)c3ccccc3)=C(C=CCCl)CS[C@@H]12)C(=NOCC(F)F)c1csc(NC(c2ccccc2)(c2ccccc2)c2ccccc2)n1. The van der Waals surface area contributed by atoms with Crippen LogP contribution in [0.25, 0.3) is 0 Å². The maximum atomic E-state index is 14.3. The number of hydrogen-bond acceptors (Lipinski definition) is 10. The third-order valence-corrected chi connectivity index (χ3v) is 12.8. The van der Waals surface area contributed by atoms with Gasteiger partial charge in [0.1, 0.15) is 28.3 Å². The van der Waals surface area contributed by atoms with E-state index in [1.807, 2.05) is 152 Å². The molecule has 2 aliphatic heterocycles. The van der Waals surface area contributed by atoms with Gasteiger partial charge in [0.15, 0.2) is 23.6 Å². The molecule has 15 heteroatoms. The summed E-state index contributed by atoms with van der Waals surface area (Å²) < 4.78 is 32.9. The number of halogens is 3. The van der Waals surface area contributed by atoms with Crippen LogP contribution >= 0.6 is 34.7 Å². The molecule has 324 valence electrons. The third-order valence-electron chi connectivity index (χ3n) is 10.5. The smallest absolute Gasteiger partial charge is 0.356 e. The van der Waals surface area contributed by atoms with E-state index in [0.717, 1.165) is 27.8 Å². The number of nitrogens with one attached hydrogen (secondary N) is 2. The Morgan fingerprint density at radius 2 is 1.38 bits per heavy atom. The Labute approximate surface area is 381 Å². The first kappa shape index (κ1) is 44.0. The molecule has 2 N–H and O–H groups in total. The maximum absolute atomic E-state index is 14.3. The Morgan fingerprint density at radius 3 is 1.89 bits per heavy atom. The highest BCUT2D eigenvalue weighted by Gasteiger charge is 2.55. The molecular formula is C49H40ClF2N5O5S2. The molecule has 8 rings (SSSR count). The lowest BCUT2D eigenvalue weighted by molar-refractivity contribution is -0.154. The number of aromatic nitrogens is 1. The number of thiazole rings is 1. The fraction of sp³-hybridized carbons (Fsp3) is 0.163. The van der Waals surface area contributed by atoms with E-state index in [2.05, 4.69) is 15.8 Å². The van der Waals surface area contributed by atoms with Crippen molar-refractivity contribution in [1.29, 1.82) is 0 Å². The lowest BCUT2D eigenvalue weighted by Gasteiger charge is -2.49. The molecule has 2 atom stereocenters.